The van der Waals surface area contributed by atoms with Gasteiger partial charge in [-0.25, -0.2) is 14.4 Å². The molecule has 7 heteroatoms. The lowest BCUT2D eigenvalue weighted by Crippen LogP contribution is -2.25. The molecule has 0 aliphatic carbocycles. The summed E-state index contributed by atoms with van der Waals surface area (Å²) in [7, 11) is 0. The van der Waals surface area contributed by atoms with Crippen LogP contribution in [0, 0.1) is 12.7 Å². The van der Waals surface area contributed by atoms with Crippen molar-refractivity contribution >= 4 is 17.4 Å². The Kier molecular flexibility index (Phi) is 6.23. The third-order valence-corrected chi connectivity index (χ3v) is 5.37. The zero-order valence-electron chi connectivity index (χ0n) is 17.4. The molecule has 1 aliphatic heterocycles. The number of fused-ring (bicyclic) bond motifs is 1. The molecule has 0 saturated carbocycles. The minimum atomic E-state index is -0.248. The molecule has 31 heavy (non-hydrogen) atoms. The SMILES string of the molecule is Cc1cc(F)cc(Cc2cc(N3CCc4c(C(=O)NCCCO)cccc43)ncn2)c1. The first-order valence-electron chi connectivity index (χ1n) is 10.4. The van der Waals surface area contributed by atoms with E-state index in [1.807, 2.05) is 37.3 Å². The van der Waals surface area contributed by atoms with Crippen molar-refractivity contribution in [2.45, 2.75) is 26.2 Å². The first-order chi connectivity index (χ1) is 15.0. The molecule has 160 valence electrons. The number of benzene rings is 2. The summed E-state index contributed by atoms with van der Waals surface area (Å²) < 4.78 is 13.7. The monoisotopic (exact) mass is 420 g/mol. The van der Waals surface area contributed by atoms with Crippen molar-refractivity contribution in [2.75, 3.05) is 24.6 Å². The van der Waals surface area contributed by atoms with E-state index in [2.05, 4.69) is 20.2 Å². The zero-order valence-corrected chi connectivity index (χ0v) is 17.4. The second-order valence-corrected chi connectivity index (χ2v) is 7.72. The van der Waals surface area contributed by atoms with Crippen LogP contribution < -0.4 is 10.2 Å². The second-order valence-electron chi connectivity index (χ2n) is 7.72. The molecule has 2 N–H and O–H groups in total. The summed E-state index contributed by atoms with van der Waals surface area (Å²) in [5, 5.41) is 11.8. The Bertz CT molecular complexity index is 1080. The number of anilines is 2. The number of aliphatic hydroxyl groups is 1. The quantitative estimate of drug-likeness (QED) is 0.574. The number of hydrogen-bond donors (Lipinski definition) is 2. The van der Waals surface area contributed by atoms with E-state index in [1.165, 1.54) is 18.5 Å². The van der Waals surface area contributed by atoms with Crippen molar-refractivity contribution in [1.82, 2.24) is 15.3 Å². The zero-order chi connectivity index (χ0) is 21.8. The molecule has 0 fully saturated rings. The summed E-state index contributed by atoms with van der Waals surface area (Å²) in [5.74, 6) is 0.384. The van der Waals surface area contributed by atoms with Crippen molar-refractivity contribution < 1.29 is 14.3 Å². The standard InChI is InChI=1S/C24H25FN4O2/c1-16-10-17(12-18(25)11-16)13-19-14-23(28-15-27-19)29-8-6-20-21(4-2-5-22(20)29)24(31)26-7-3-9-30/h2,4-5,10-12,14-15,30H,3,6-9,13H2,1H3,(H,26,31). The maximum Gasteiger partial charge on any atom is 0.251 e. The number of aliphatic hydroxyl groups excluding tert-OH is 1. The van der Waals surface area contributed by atoms with E-state index in [9.17, 15) is 9.18 Å². The predicted molar refractivity (Wildman–Crippen MR) is 117 cm³/mol. The van der Waals surface area contributed by atoms with Gasteiger partial charge in [0.1, 0.15) is 18.0 Å². The van der Waals surface area contributed by atoms with Crippen LogP contribution in [0.4, 0.5) is 15.9 Å². The average molecular weight is 420 g/mol. The molecular weight excluding hydrogens is 395 g/mol. The molecule has 2 aromatic carbocycles. The van der Waals surface area contributed by atoms with Crippen molar-refractivity contribution in [3.63, 3.8) is 0 Å². The normalized spacial score (nSPS) is 12.7. The number of nitrogens with one attached hydrogen (secondary N) is 1. The van der Waals surface area contributed by atoms with Crippen molar-refractivity contribution in [1.29, 1.82) is 0 Å². The molecule has 0 unspecified atom stereocenters. The molecule has 0 spiro atoms. The molecule has 1 aromatic heterocycles. The fraction of sp³-hybridized carbons (Fsp3) is 0.292. The molecule has 1 aliphatic rings. The molecule has 0 saturated heterocycles. The number of amides is 1. The minimum Gasteiger partial charge on any atom is -0.396 e. The van der Waals surface area contributed by atoms with Gasteiger partial charge in [0.15, 0.2) is 0 Å². The molecule has 1 amide bonds. The number of carbonyl (C=O) groups is 1. The fourth-order valence-corrected chi connectivity index (χ4v) is 4.01. The minimum absolute atomic E-state index is 0.0478. The third kappa shape index (κ3) is 4.72. The molecule has 0 atom stereocenters. The lowest BCUT2D eigenvalue weighted by atomic mass is 10.0. The predicted octanol–water partition coefficient (Wildman–Crippen LogP) is 3.32. The van der Waals surface area contributed by atoms with Gasteiger partial charge in [0, 0.05) is 43.4 Å². The molecule has 0 radical (unpaired) electrons. The molecule has 3 aromatic rings. The number of aryl methyl sites for hydroxylation is 1. The van der Waals surface area contributed by atoms with Crippen LogP contribution >= 0.6 is 0 Å². The topological polar surface area (TPSA) is 78.4 Å². The summed E-state index contributed by atoms with van der Waals surface area (Å²) in [6.07, 6.45) is 3.31. The Balaban J connectivity index is 1.57. The maximum atomic E-state index is 13.7. The number of aromatic nitrogens is 2. The summed E-state index contributed by atoms with van der Waals surface area (Å²) in [5.41, 5.74) is 5.16. The van der Waals surface area contributed by atoms with Crippen LogP contribution in [0.5, 0.6) is 0 Å². The van der Waals surface area contributed by atoms with Gasteiger partial charge in [-0.2, -0.15) is 0 Å². The van der Waals surface area contributed by atoms with Gasteiger partial charge in [0.2, 0.25) is 0 Å². The van der Waals surface area contributed by atoms with E-state index < -0.39 is 0 Å². The first kappa shape index (κ1) is 20.9. The van der Waals surface area contributed by atoms with Gasteiger partial charge in [-0.15, -0.1) is 0 Å². The largest absolute Gasteiger partial charge is 0.396 e. The Morgan fingerprint density at radius 1 is 1.23 bits per heavy atom. The number of nitrogens with zero attached hydrogens (tertiary/aromatic N) is 3. The molecule has 2 heterocycles. The van der Waals surface area contributed by atoms with Gasteiger partial charge < -0.3 is 15.3 Å². The van der Waals surface area contributed by atoms with Crippen molar-refractivity contribution in [3.8, 4) is 0 Å². The van der Waals surface area contributed by atoms with Gasteiger partial charge in [0.05, 0.1) is 5.69 Å². The molecule has 6 nitrogen and oxygen atoms in total. The van der Waals surface area contributed by atoms with Crippen LogP contribution in [0.15, 0.2) is 48.8 Å². The maximum absolute atomic E-state index is 13.7. The number of carbonyl (C=O) groups excluding carboxylic acids is 1. The van der Waals surface area contributed by atoms with Gasteiger partial charge >= 0.3 is 0 Å². The highest BCUT2D eigenvalue weighted by Gasteiger charge is 2.26. The Labute approximate surface area is 180 Å². The smallest absolute Gasteiger partial charge is 0.251 e. The van der Waals surface area contributed by atoms with Crippen molar-refractivity contribution in [3.05, 3.63) is 82.6 Å². The van der Waals surface area contributed by atoms with E-state index in [0.29, 0.717) is 31.5 Å². The van der Waals surface area contributed by atoms with Crippen LogP contribution in [-0.2, 0) is 12.8 Å². The van der Waals surface area contributed by atoms with Crippen LogP contribution in [-0.4, -0.2) is 40.7 Å². The highest BCUT2D eigenvalue weighted by atomic mass is 19.1. The van der Waals surface area contributed by atoms with Crippen molar-refractivity contribution in [2.24, 2.45) is 0 Å². The van der Waals surface area contributed by atoms with Gasteiger partial charge in [-0.05, 0) is 60.7 Å². The van der Waals surface area contributed by atoms with E-state index in [0.717, 1.165) is 40.3 Å². The first-order valence-corrected chi connectivity index (χ1v) is 10.4. The summed E-state index contributed by atoms with van der Waals surface area (Å²) in [6.45, 7) is 3.08. The number of hydrogen-bond acceptors (Lipinski definition) is 5. The van der Waals surface area contributed by atoms with Gasteiger partial charge in [-0.3, -0.25) is 4.79 Å². The summed E-state index contributed by atoms with van der Waals surface area (Å²) in [4.78, 5) is 23.5. The Hall–Kier alpha value is -3.32. The molecular formula is C24H25FN4O2. The van der Waals surface area contributed by atoms with E-state index in [4.69, 9.17) is 5.11 Å². The van der Waals surface area contributed by atoms with E-state index in [1.54, 1.807) is 0 Å². The Morgan fingerprint density at radius 2 is 2.10 bits per heavy atom. The summed E-state index contributed by atoms with van der Waals surface area (Å²) >= 11 is 0. The fourth-order valence-electron chi connectivity index (χ4n) is 4.01. The molecule has 0 bridgehead atoms. The van der Waals surface area contributed by atoms with Crippen LogP contribution in [0.3, 0.4) is 0 Å². The number of halogens is 1. The van der Waals surface area contributed by atoms with Crippen LogP contribution in [0.1, 0.15) is 39.2 Å². The Morgan fingerprint density at radius 3 is 2.90 bits per heavy atom. The van der Waals surface area contributed by atoms with E-state index in [-0.39, 0.29) is 18.3 Å². The average Bonchev–Trinajstić information content (AvgIpc) is 3.17. The number of rotatable bonds is 7. The second kappa shape index (κ2) is 9.22. The highest BCUT2D eigenvalue weighted by molar-refractivity contribution is 5.98. The lowest BCUT2D eigenvalue weighted by Gasteiger charge is -2.19. The van der Waals surface area contributed by atoms with Gasteiger partial charge in [0.25, 0.3) is 5.91 Å². The van der Waals surface area contributed by atoms with Crippen LogP contribution in [0.25, 0.3) is 0 Å². The van der Waals surface area contributed by atoms with Crippen LogP contribution in [0.2, 0.25) is 0 Å². The highest BCUT2D eigenvalue weighted by Crippen LogP contribution is 2.35. The molecule has 4 rings (SSSR count). The van der Waals surface area contributed by atoms with E-state index >= 15 is 0 Å². The van der Waals surface area contributed by atoms with Gasteiger partial charge in [-0.1, -0.05) is 12.1 Å². The lowest BCUT2D eigenvalue weighted by molar-refractivity contribution is 0.0950. The third-order valence-electron chi connectivity index (χ3n) is 5.37. The summed E-state index contributed by atoms with van der Waals surface area (Å²) in [6, 6.07) is 12.6.